The Balaban J connectivity index is 2.92. The smallest absolute Gasteiger partial charge is 0.233 e. The zero-order valence-electron chi connectivity index (χ0n) is 21.1. The number of amides is 2. The summed E-state index contributed by atoms with van der Waals surface area (Å²) < 4.78 is 5.14. The van der Waals surface area contributed by atoms with Gasteiger partial charge in [-0.25, -0.2) is 0 Å². The largest absolute Gasteiger partial charge is 0.502 e. The number of hydrogen-bond donors (Lipinski definition) is 0. The molecule has 0 aliphatic carbocycles. The zero-order chi connectivity index (χ0) is 23.3. The first-order chi connectivity index (χ1) is 13.6. The number of carbonyl (C=O) groups excluding carboxylic acids is 2. The van der Waals surface area contributed by atoms with Gasteiger partial charge in [0.15, 0.2) is 0 Å². The first-order valence-corrected chi connectivity index (χ1v) is 11.7. The molecule has 2 amide bonds. The third-order valence-electron chi connectivity index (χ3n) is 7.49. The van der Waals surface area contributed by atoms with E-state index in [9.17, 15) is 9.59 Å². The van der Waals surface area contributed by atoms with Crippen LogP contribution in [0.1, 0.15) is 94.4 Å². The summed E-state index contributed by atoms with van der Waals surface area (Å²) in [5, 5.41) is 0. The lowest BCUT2D eigenvalue weighted by atomic mass is 9.59. The van der Waals surface area contributed by atoms with E-state index in [1.165, 1.54) is 17.6 Å². The third-order valence-corrected chi connectivity index (χ3v) is 7.49. The van der Waals surface area contributed by atoms with Gasteiger partial charge in [0.05, 0.1) is 18.8 Å². The van der Waals surface area contributed by atoms with Gasteiger partial charge in [0, 0.05) is 13.0 Å². The molecule has 2 unspecified atom stereocenters. The molecule has 4 heteroatoms. The molecule has 174 valence electrons. The Morgan fingerprint density at radius 1 is 1.07 bits per heavy atom. The molecule has 1 fully saturated rings. The summed E-state index contributed by atoms with van der Waals surface area (Å²) in [6.45, 7) is 25.1. The molecular weight excluding hydrogens is 374 g/mol. The van der Waals surface area contributed by atoms with Crippen LogP contribution in [-0.2, 0) is 14.3 Å². The van der Waals surface area contributed by atoms with Crippen molar-refractivity contribution in [3.8, 4) is 0 Å². The Bertz CT molecular complexity index is 598. The van der Waals surface area contributed by atoms with Gasteiger partial charge < -0.3 is 4.74 Å². The van der Waals surface area contributed by atoms with Gasteiger partial charge in [-0.1, -0.05) is 68.9 Å². The fraction of sp³-hybridized carbons (Fsp3) is 0.846. The van der Waals surface area contributed by atoms with Crippen molar-refractivity contribution < 1.29 is 14.3 Å². The van der Waals surface area contributed by atoms with Crippen LogP contribution in [0, 0.1) is 34.0 Å². The Kier molecular flexibility index (Phi) is 9.20. The van der Waals surface area contributed by atoms with Crippen LogP contribution in [0.3, 0.4) is 0 Å². The fourth-order valence-corrected chi connectivity index (χ4v) is 4.40. The predicted molar refractivity (Wildman–Crippen MR) is 125 cm³/mol. The van der Waals surface area contributed by atoms with E-state index in [-0.39, 0.29) is 34.5 Å². The topological polar surface area (TPSA) is 46.6 Å². The van der Waals surface area contributed by atoms with Crippen LogP contribution in [-0.4, -0.2) is 29.9 Å². The van der Waals surface area contributed by atoms with Crippen LogP contribution in [0.4, 0.5) is 0 Å². The predicted octanol–water partition coefficient (Wildman–Crippen LogP) is 6.45. The Hall–Kier alpha value is -1.32. The molecule has 1 aliphatic heterocycles. The monoisotopic (exact) mass is 421 g/mol. The van der Waals surface area contributed by atoms with E-state index in [4.69, 9.17) is 4.74 Å². The molecule has 0 spiro atoms. The molecule has 1 aliphatic rings. The van der Waals surface area contributed by atoms with Crippen molar-refractivity contribution in [2.75, 3.05) is 13.2 Å². The van der Waals surface area contributed by atoms with Crippen molar-refractivity contribution in [2.45, 2.75) is 94.4 Å². The average Bonchev–Trinajstić information content (AvgIpc) is 2.88. The molecule has 1 heterocycles. The summed E-state index contributed by atoms with van der Waals surface area (Å²) >= 11 is 0. The van der Waals surface area contributed by atoms with Crippen molar-refractivity contribution in [3.05, 3.63) is 12.8 Å². The summed E-state index contributed by atoms with van der Waals surface area (Å²) in [5.74, 6) is 0.350. The number of imide groups is 1. The number of nitrogens with zero attached hydrogens (tertiary/aromatic N) is 1. The van der Waals surface area contributed by atoms with Crippen LogP contribution >= 0.6 is 0 Å². The van der Waals surface area contributed by atoms with Gasteiger partial charge in [0.25, 0.3) is 0 Å². The number of likely N-dealkylation sites (tertiary alicyclic amines) is 1. The first kappa shape index (κ1) is 26.7. The highest BCUT2D eigenvalue weighted by atomic mass is 16.5. The van der Waals surface area contributed by atoms with Crippen LogP contribution in [0.25, 0.3) is 0 Å². The van der Waals surface area contributed by atoms with Gasteiger partial charge in [-0.15, -0.1) is 0 Å². The maximum absolute atomic E-state index is 13.2. The second kappa shape index (κ2) is 10.3. The van der Waals surface area contributed by atoms with E-state index >= 15 is 0 Å². The highest BCUT2D eigenvalue weighted by Gasteiger charge is 2.47. The van der Waals surface area contributed by atoms with Crippen LogP contribution < -0.4 is 0 Å². The molecule has 1 saturated heterocycles. The van der Waals surface area contributed by atoms with Crippen molar-refractivity contribution in [1.29, 1.82) is 0 Å². The quantitative estimate of drug-likeness (QED) is 0.206. The van der Waals surface area contributed by atoms with E-state index in [1.54, 1.807) is 0 Å². The number of carbonyl (C=O) groups is 2. The number of ether oxygens (including phenoxy) is 1. The Labute approximate surface area is 185 Å². The molecule has 4 nitrogen and oxygen atoms in total. The fourth-order valence-electron chi connectivity index (χ4n) is 4.40. The molecule has 30 heavy (non-hydrogen) atoms. The number of rotatable bonds is 12. The maximum atomic E-state index is 13.2. The minimum atomic E-state index is -0.199. The van der Waals surface area contributed by atoms with Gasteiger partial charge in [0.2, 0.25) is 11.8 Å². The summed E-state index contributed by atoms with van der Waals surface area (Å²) in [7, 11) is 0. The van der Waals surface area contributed by atoms with Gasteiger partial charge in [-0.3, -0.25) is 14.5 Å². The van der Waals surface area contributed by atoms with Crippen LogP contribution in [0.5, 0.6) is 0 Å². The van der Waals surface area contributed by atoms with Crippen LogP contribution in [0.15, 0.2) is 12.8 Å². The molecule has 2 atom stereocenters. The maximum Gasteiger partial charge on any atom is 0.233 e. The summed E-state index contributed by atoms with van der Waals surface area (Å²) in [5.41, 5.74) is 0.539. The molecule has 1 rings (SSSR count). The van der Waals surface area contributed by atoms with E-state index in [1.807, 2.05) is 0 Å². The zero-order valence-corrected chi connectivity index (χ0v) is 21.1. The molecular formula is C26H47NO3. The second-order valence-corrected chi connectivity index (χ2v) is 12.0. The third kappa shape index (κ3) is 7.13. The van der Waals surface area contributed by atoms with Crippen molar-refractivity contribution in [2.24, 2.45) is 34.0 Å². The summed E-state index contributed by atoms with van der Waals surface area (Å²) in [6.07, 6.45) is 5.68. The Morgan fingerprint density at radius 2 is 1.67 bits per heavy atom. The van der Waals surface area contributed by atoms with E-state index in [0.29, 0.717) is 37.3 Å². The van der Waals surface area contributed by atoms with Gasteiger partial charge in [-0.05, 0) is 53.8 Å². The molecule has 0 aromatic rings. The highest BCUT2D eigenvalue weighted by molar-refractivity contribution is 6.03. The lowest BCUT2D eigenvalue weighted by molar-refractivity contribution is -0.140. The van der Waals surface area contributed by atoms with Gasteiger partial charge in [0.1, 0.15) is 0 Å². The summed E-state index contributed by atoms with van der Waals surface area (Å²) in [4.78, 5) is 27.2. The lowest BCUT2D eigenvalue weighted by Gasteiger charge is -2.46. The molecule has 0 aromatic heterocycles. The van der Waals surface area contributed by atoms with E-state index in [0.717, 1.165) is 12.8 Å². The average molecular weight is 422 g/mol. The minimum Gasteiger partial charge on any atom is -0.502 e. The van der Waals surface area contributed by atoms with Gasteiger partial charge in [-0.2, -0.15) is 0 Å². The minimum absolute atomic E-state index is 0.0144. The van der Waals surface area contributed by atoms with E-state index < -0.39 is 0 Å². The second-order valence-electron chi connectivity index (χ2n) is 12.0. The van der Waals surface area contributed by atoms with E-state index in [2.05, 4.69) is 68.9 Å². The van der Waals surface area contributed by atoms with Crippen molar-refractivity contribution in [3.63, 3.8) is 0 Å². The molecule has 0 saturated carbocycles. The molecule has 0 aromatic carbocycles. The van der Waals surface area contributed by atoms with Crippen molar-refractivity contribution >= 4 is 11.8 Å². The summed E-state index contributed by atoms with van der Waals surface area (Å²) in [6, 6.07) is 0. The highest BCUT2D eigenvalue weighted by Crippen LogP contribution is 2.50. The van der Waals surface area contributed by atoms with Gasteiger partial charge >= 0.3 is 0 Å². The Morgan fingerprint density at radius 3 is 2.17 bits per heavy atom. The standard InChI is InChI=1S/C26H47NO3/c1-11-30-16-12-15-27-22(28)17-20(23(27)29)21(19(2)3)18-26(9,10)25(7,8)14-13-24(4,5)6/h11,19-21H,1,12-18H2,2-10H3. The first-order valence-electron chi connectivity index (χ1n) is 11.7. The molecule has 0 N–H and O–H groups in total. The SMILES string of the molecule is C=COCCCN1C(=O)CC(C(CC(C)(C)C(C)(C)CCC(C)(C)C)C(C)C)C1=O. The lowest BCUT2D eigenvalue weighted by Crippen LogP contribution is -2.40. The normalized spacial score (nSPS) is 19.5. The molecule has 0 radical (unpaired) electrons. The molecule has 0 bridgehead atoms. The van der Waals surface area contributed by atoms with Crippen LogP contribution in [0.2, 0.25) is 0 Å². The number of hydrogen-bond acceptors (Lipinski definition) is 3. The van der Waals surface area contributed by atoms with Crippen molar-refractivity contribution in [1.82, 2.24) is 4.90 Å².